The van der Waals surface area contributed by atoms with Gasteiger partial charge in [0.05, 0.1) is 13.2 Å². The Hall–Kier alpha value is -1.10. The molecule has 0 spiro atoms. The van der Waals surface area contributed by atoms with E-state index in [-0.39, 0.29) is 6.04 Å². The molecule has 4 nitrogen and oxygen atoms in total. The molecule has 1 heterocycles. The molecule has 4 heteroatoms. The summed E-state index contributed by atoms with van der Waals surface area (Å²) in [4.78, 5) is 2.25. The van der Waals surface area contributed by atoms with Gasteiger partial charge in [-0.2, -0.15) is 0 Å². The molecule has 0 bridgehead atoms. The van der Waals surface area contributed by atoms with Crippen LogP contribution in [0.1, 0.15) is 30.0 Å². The van der Waals surface area contributed by atoms with E-state index in [0.717, 1.165) is 37.4 Å². The quantitative estimate of drug-likeness (QED) is 0.866. The van der Waals surface area contributed by atoms with Crippen LogP contribution in [0.3, 0.4) is 0 Å². The van der Waals surface area contributed by atoms with E-state index in [1.807, 2.05) is 12.1 Å². The standard InChI is InChI=1S/C16H26N2O2/c1-12-6-7-16(19-3)14(9-12)15(17)11-18(2)10-13-5-4-8-20-13/h6-7,9,13,15H,4-5,8,10-11,17H2,1-3H3. The van der Waals surface area contributed by atoms with E-state index in [9.17, 15) is 0 Å². The average Bonchev–Trinajstić information content (AvgIpc) is 2.91. The summed E-state index contributed by atoms with van der Waals surface area (Å²) in [6.07, 6.45) is 2.70. The number of nitrogens with two attached hydrogens (primary N) is 1. The first kappa shape index (κ1) is 15.3. The van der Waals surface area contributed by atoms with Gasteiger partial charge in [0.15, 0.2) is 0 Å². The van der Waals surface area contributed by atoms with Crippen molar-refractivity contribution < 1.29 is 9.47 Å². The molecule has 112 valence electrons. The van der Waals surface area contributed by atoms with Crippen molar-refractivity contribution in [1.82, 2.24) is 4.90 Å². The summed E-state index contributed by atoms with van der Waals surface area (Å²) in [6.45, 7) is 4.73. The molecule has 20 heavy (non-hydrogen) atoms. The van der Waals surface area contributed by atoms with Crippen LogP contribution in [0.4, 0.5) is 0 Å². The van der Waals surface area contributed by atoms with Gasteiger partial charge in [0, 0.05) is 31.3 Å². The Morgan fingerprint density at radius 2 is 2.30 bits per heavy atom. The number of likely N-dealkylation sites (N-methyl/N-ethyl adjacent to an activating group) is 1. The van der Waals surface area contributed by atoms with Crippen molar-refractivity contribution in [3.05, 3.63) is 29.3 Å². The largest absolute Gasteiger partial charge is 0.496 e. The molecular formula is C16H26N2O2. The predicted octanol–water partition coefficient (Wildman–Crippen LogP) is 2.11. The van der Waals surface area contributed by atoms with Crippen molar-refractivity contribution in [3.63, 3.8) is 0 Å². The first-order valence-corrected chi connectivity index (χ1v) is 7.30. The third-order valence-electron chi connectivity index (χ3n) is 3.83. The monoisotopic (exact) mass is 278 g/mol. The zero-order valence-corrected chi connectivity index (χ0v) is 12.8. The summed E-state index contributed by atoms with van der Waals surface area (Å²) in [7, 11) is 3.79. The second-order valence-corrected chi connectivity index (χ2v) is 5.71. The van der Waals surface area contributed by atoms with Crippen LogP contribution in [0.5, 0.6) is 5.75 Å². The van der Waals surface area contributed by atoms with Gasteiger partial charge in [-0.05, 0) is 32.9 Å². The van der Waals surface area contributed by atoms with Gasteiger partial charge in [-0.15, -0.1) is 0 Å². The first-order chi connectivity index (χ1) is 9.60. The van der Waals surface area contributed by atoms with E-state index in [4.69, 9.17) is 15.2 Å². The van der Waals surface area contributed by atoms with E-state index in [1.54, 1.807) is 7.11 Å². The number of methoxy groups -OCH3 is 1. The van der Waals surface area contributed by atoms with E-state index in [0.29, 0.717) is 6.10 Å². The minimum Gasteiger partial charge on any atom is -0.496 e. The van der Waals surface area contributed by atoms with Crippen LogP contribution in [0.25, 0.3) is 0 Å². The van der Waals surface area contributed by atoms with Crippen LogP contribution in [0.15, 0.2) is 18.2 Å². The Morgan fingerprint density at radius 3 is 2.95 bits per heavy atom. The zero-order chi connectivity index (χ0) is 14.5. The van der Waals surface area contributed by atoms with Crippen LogP contribution in [-0.2, 0) is 4.74 Å². The molecule has 1 aliphatic heterocycles. The second kappa shape index (κ2) is 7.07. The Bertz CT molecular complexity index is 430. The molecule has 1 aromatic carbocycles. The number of hydrogen-bond donors (Lipinski definition) is 1. The van der Waals surface area contributed by atoms with Crippen molar-refractivity contribution in [2.75, 3.05) is 33.9 Å². The van der Waals surface area contributed by atoms with E-state index in [1.165, 1.54) is 12.0 Å². The summed E-state index contributed by atoms with van der Waals surface area (Å²) in [6, 6.07) is 6.11. The SMILES string of the molecule is COc1ccc(C)cc1C(N)CN(C)CC1CCCO1. The molecule has 0 radical (unpaired) electrons. The minimum absolute atomic E-state index is 0.0451. The molecule has 1 aromatic rings. The fraction of sp³-hybridized carbons (Fsp3) is 0.625. The van der Waals surface area contributed by atoms with Crippen molar-refractivity contribution in [1.29, 1.82) is 0 Å². The highest BCUT2D eigenvalue weighted by Crippen LogP contribution is 2.25. The lowest BCUT2D eigenvalue weighted by molar-refractivity contribution is 0.0796. The van der Waals surface area contributed by atoms with Gasteiger partial charge in [0.2, 0.25) is 0 Å². The maximum absolute atomic E-state index is 6.35. The number of ether oxygens (including phenoxy) is 2. The summed E-state index contributed by atoms with van der Waals surface area (Å²) < 4.78 is 11.1. The third-order valence-corrected chi connectivity index (χ3v) is 3.83. The van der Waals surface area contributed by atoms with Crippen LogP contribution in [0.2, 0.25) is 0 Å². The number of benzene rings is 1. The normalized spacial score (nSPS) is 20.4. The first-order valence-electron chi connectivity index (χ1n) is 7.30. The Balaban J connectivity index is 1.96. The van der Waals surface area contributed by atoms with Gasteiger partial charge in [0.1, 0.15) is 5.75 Å². The Kier molecular flexibility index (Phi) is 5.40. The fourth-order valence-electron chi connectivity index (χ4n) is 2.79. The van der Waals surface area contributed by atoms with E-state index in [2.05, 4.69) is 24.9 Å². The highest BCUT2D eigenvalue weighted by Gasteiger charge is 2.20. The molecule has 2 unspecified atom stereocenters. The molecule has 0 aliphatic carbocycles. The van der Waals surface area contributed by atoms with Crippen LogP contribution in [0, 0.1) is 6.92 Å². The summed E-state index contributed by atoms with van der Waals surface area (Å²) in [5.74, 6) is 0.869. The van der Waals surface area contributed by atoms with Crippen molar-refractivity contribution >= 4 is 0 Å². The van der Waals surface area contributed by atoms with Crippen LogP contribution < -0.4 is 10.5 Å². The number of hydrogen-bond acceptors (Lipinski definition) is 4. The maximum Gasteiger partial charge on any atom is 0.123 e. The van der Waals surface area contributed by atoms with E-state index >= 15 is 0 Å². The smallest absolute Gasteiger partial charge is 0.123 e. The van der Waals surface area contributed by atoms with Gasteiger partial charge in [-0.25, -0.2) is 0 Å². The molecule has 0 aromatic heterocycles. The van der Waals surface area contributed by atoms with Gasteiger partial charge in [-0.1, -0.05) is 17.7 Å². The lowest BCUT2D eigenvalue weighted by Crippen LogP contribution is -2.34. The molecule has 2 atom stereocenters. The highest BCUT2D eigenvalue weighted by atomic mass is 16.5. The molecule has 1 saturated heterocycles. The lowest BCUT2D eigenvalue weighted by atomic mass is 10.0. The zero-order valence-electron chi connectivity index (χ0n) is 12.8. The number of nitrogens with zero attached hydrogens (tertiary/aromatic N) is 1. The van der Waals surface area contributed by atoms with E-state index < -0.39 is 0 Å². The molecular weight excluding hydrogens is 252 g/mol. The molecule has 2 rings (SSSR count). The van der Waals surface area contributed by atoms with Crippen molar-refractivity contribution in [3.8, 4) is 5.75 Å². The number of aryl methyl sites for hydroxylation is 1. The summed E-state index contributed by atoms with van der Waals surface area (Å²) >= 11 is 0. The Labute approximate surface area is 121 Å². The lowest BCUT2D eigenvalue weighted by Gasteiger charge is -2.25. The highest BCUT2D eigenvalue weighted by molar-refractivity contribution is 5.39. The minimum atomic E-state index is -0.0451. The molecule has 0 amide bonds. The number of rotatable bonds is 6. The topological polar surface area (TPSA) is 47.7 Å². The predicted molar refractivity (Wildman–Crippen MR) is 81.1 cm³/mol. The summed E-state index contributed by atoms with van der Waals surface area (Å²) in [5, 5.41) is 0. The van der Waals surface area contributed by atoms with Gasteiger partial charge in [0.25, 0.3) is 0 Å². The van der Waals surface area contributed by atoms with Gasteiger partial charge >= 0.3 is 0 Å². The molecule has 1 aliphatic rings. The molecule has 0 saturated carbocycles. The van der Waals surface area contributed by atoms with Crippen LogP contribution in [-0.4, -0.2) is 44.9 Å². The summed E-state index contributed by atoms with van der Waals surface area (Å²) in [5.41, 5.74) is 8.64. The van der Waals surface area contributed by atoms with Crippen molar-refractivity contribution in [2.24, 2.45) is 5.73 Å². The maximum atomic E-state index is 6.35. The third kappa shape index (κ3) is 3.95. The van der Waals surface area contributed by atoms with Crippen LogP contribution >= 0.6 is 0 Å². The molecule has 2 N–H and O–H groups in total. The van der Waals surface area contributed by atoms with Crippen molar-refractivity contribution in [2.45, 2.75) is 31.9 Å². The average molecular weight is 278 g/mol. The van der Waals surface area contributed by atoms with Gasteiger partial charge in [-0.3, -0.25) is 0 Å². The fourth-order valence-corrected chi connectivity index (χ4v) is 2.79. The van der Waals surface area contributed by atoms with Gasteiger partial charge < -0.3 is 20.1 Å². The second-order valence-electron chi connectivity index (χ2n) is 5.71. The Morgan fingerprint density at radius 1 is 1.50 bits per heavy atom. The molecule has 1 fully saturated rings.